The van der Waals surface area contributed by atoms with E-state index in [1.165, 1.54) is 6.92 Å². The largest absolute Gasteiger partial charge is 0.341 e. The Morgan fingerprint density at radius 2 is 2.10 bits per heavy atom. The van der Waals surface area contributed by atoms with Crippen LogP contribution in [0.15, 0.2) is 12.1 Å². The van der Waals surface area contributed by atoms with Crippen molar-refractivity contribution in [2.45, 2.75) is 33.2 Å². The van der Waals surface area contributed by atoms with Crippen LogP contribution in [0.25, 0.3) is 0 Å². The number of carbonyl (C=O) groups is 2. The molecule has 2 rings (SSSR count). The highest BCUT2D eigenvalue weighted by atomic mass is 79.9. The summed E-state index contributed by atoms with van der Waals surface area (Å²) in [5, 5.41) is 3.62. The van der Waals surface area contributed by atoms with Crippen LogP contribution in [0.4, 0.5) is 5.69 Å². The number of aryl methyl sites for hydroxylation is 2. The van der Waals surface area contributed by atoms with Gasteiger partial charge in [-0.15, -0.1) is 0 Å². The van der Waals surface area contributed by atoms with Gasteiger partial charge in [-0.05, 0) is 25.8 Å². The first-order valence-corrected chi connectivity index (χ1v) is 7.83. The lowest BCUT2D eigenvalue weighted by atomic mass is 10.0. The zero-order valence-electron chi connectivity index (χ0n) is 12.0. The van der Waals surface area contributed by atoms with Gasteiger partial charge in [-0.3, -0.25) is 9.59 Å². The van der Waals surface area contributed by atoms with Crippen LogP contribution in [0.2, 0.25) is 0 Å². The molecule has 0 aromatic heterocycles. The summed E-state index contributed by atoms with van der Waals surface area (Å²) < 4.78 is 0. The molecule has 0 radical (unpaired) electrons. The maximum Gasteiger partial charge on any atom is 0.254 e. The number of anilines is 1. The fourth-order valence-electron chi connectivity index (χ4n) is 2.76. The van der Waals surface area contributed by atoms with Crippen LogP contribution < -0.4 is 10.2 Å². The van der Waals surface area contributed by atoms with Crippen LogP contribution in [0.3, 0.4) is 0 Å². The predicted molar refractivity (Wildman–Crippen MR) is 83.2 cm³/mol. The molecule has 2 amide bonds. The molecule has 1 aromatic carbocycles. The number of hydrogen-bond donors (Lipinski definition) is 1. The molecule has 0 bridgehead atoms. The average Bonchev–Trinajstić information content (AvgIpc) is 2.60. The van der Waals surface area contributed by atoms with Crippen molar-refractivity contribution in [3.8, 4) is 0 Å². The molecule has 0 unspecified atom stereocenters. The van der Waals surface area contributed by atoms with Gasteiger partial charge in [0.25, 0.3) is 5.91 Å². The standard InChI is InChI=1S/C15H19BrN2O2/c1-9-7-10(2)14-12(8-9)13(17-11(3)19)15(20)18(14)6-4-5-16/h7-8,13H,4-6H2,1-3H3,(H,17,19)/t13-/m1/s1. The zero-order valence-corrected chi connectivity index (χ0v) is 13.6. The van der Waals surface area contributed by atoms with Crippen molar-refractivity contribution in [1.29, 1.82) is 0 Å². The van der Waals surface area contributed by atoms with E-state index >= 15 is 0 Å². The van der Waals surface area contributed by atoms with E-state index in [9.17, 15) is 9.59 Å². The van der Waals surface area contributed by atoms with Crippen molar-refractivity contribution in [2.75, 3.05) is 16.8 Å². The Kier molecular flexibility index (Phi) is 4.48. The molecule has 0 aliphatic carbocycles. The molecule has 1 aliphatic rings. The first kappa shape index (κ1) is 15.0. The summed E-state index contributed by atoms with van der Waals surface area (Å²) in [4.78, 5) is 25.7. The molecule has 5 heteroatoms. The van der Waals surface area contributed by atoms with Gasteiger partial charge in [-0.2, -0.15) is 0 Å². The number of halogens is 1. The third-order valence-corrected chi connectivity index (χ3v) is 3.99. The molecule has 1 aromatic rings. The summed E-state index contributed by atoms with van der Waals surface area (Å²) in [5.74, 6) is -0.222. The van der Waals surface area contributed by atoms with Crippen molar-refractivity contribution in [1.82, 2.24) is 5.32 Å². The van der Waals surface area contributed by atoms with Gasteiger partial charge in [0.1, 0.15) is 6.04 Å². The van der Waals surface area contributed by atoms with E-state index in [4.69, 9.17) is 0 Å². The second-order valence-electron chi connectivity index (χ2n) is 5.19. The lowest BCUT2D eigenvalue weighted by Crippen LogP contribution is -2.37. The van der Waals surface area contributed by atoms with Crippen molar-refractivity contribution in [2.24, 2.45) is 0 Å². The minimum atomic E-state index is -0.545. The van der Waals surface area contributed by atoms with Crippen LogP contribution in [-0.2, 0) is 9.59 Å². The summed E-state index contributed by atoms with van der Waals surface area (Å²) in [7, 11) is 0. The summed E-state index contributed by atoms with van der Waals surface area (Å²) in [6.07, 6.45) is 0.880. The highest BCUT2D eigenvalue weighted by Gasteiger charge is 2.38. The topological polar surface area (TPSA) is 49.4 Å². The molecule has 1 N–H and O–H groups in total. The summed E-state index contributed by atoms with van der Waals surface area (Å²) in [6, 6.07) is 3.52. The molecule has 1 aliphatic heterocycles. The number of hydrogen-bond acceptors (Lipinski definition) is 2. The first-order chi connectivity index (χ1) is 9.45. The molecule has 0 spiro atoms. The van der Waals surface area contributed by atoms with Gasteiger partial charge < -0.3 is 10.2 Å². The third kappa shape index (κ3) is 2.73. The van der Waals surface area contributed by atoms with Gasteiger partial charge in [0, 0.05) is 24.4 Å². The van der Waals surface area contributed by atoms with E-state index < -0.39 is 6.04 Å². The fourth-order valence-corrected chi connectivity index (χ4v) is 3.01. The van der Waals surface area contributed by atoms with E-state index in [-0.39, 0.29) is 11.8 Å². The predicted octanol–water partition coefficient (Wildman–Crippen LogP) is 2.61. The van der Waals surface area contributed by atoms with Gasteiger partial charge in [0.15, 0.2) is 0 Å². The lowest BCUT2D eigenvalue weighted by molar-refractivity contribution is -0.126. The Morgan fingerprint density at radius 1 is 1.40 bits per heavy atom. The molecular formula is C15H19BrN2O2. The highest BCUT2D eigenvalue weighted by Crippen LogP contribution is 2.39. The van der Waals surface area contributed by atoms with Gasteiger partial charge in [0.05, 0.1) is 5.69 Å². The minimum Gasteiger partial charge on any atom is -0.341 e. The lowest BCUT2D eigenvalue weighted by Gasteiger charge is -2.19. The average molecular weight is 339 g/mol. The molecule has 20 heavy (non-hydrogen) atoms. The van der Waals surface area contributed by atoms with Crippen LogP contribution in [-0.4, -0.2) is 23.7 Å². The number of nitrogens with one attached hydrogen (secondary N) is 1. The summed E-state index contributed by atoms with van der Waals surface area (Å²) >= 11 is 3.39. The first-order valence-electron chi connectivity index (χ1n) is 6.71. The van der Waals surface area contributed by atoms with E-state index in [1.807, 2.05) is 19.9 Å². The molecule has 108 valence electrons. The maximum absolute atomic E-state index is 12.6. The second kappa shape index (κ2) is 5.95. The SMILES string of the molecule is CC(=O)N[C@H]1C(=O)N(CCCBr)c2c(C)cc(C)cc21. The smallest absolute Gasteiger partial charge is 0.254 e. The van der Waals surface area contributed by atoms with Gasteiger partial charge in [0.2, 0.25) is 5.91 Å². The Hall–Kier alpha value is -1.36. The van der Waals surface area contributed by atoms with Crippen molar-refractivity contribution < 1.29 is 9.59 Å². The third-order valence-electron chi connectivity index (χ3n) is 3.43. The molecule has 0 saturated carbocycles. The van der Waals surface area contributed by atoms with E-state index in [1.54, 1.807) is 4.90 Å². The van der Waals surface area contributed by atoms with Gasteiger partial charge in [-0.25, -0.2) is 0 Å². The molecule has 0 fully saturated rings. The van der Waals surface area contributed by atoms with Crippen LogP contribution >= 0.6 is 15.9 Å². The maximum atomic E-state index is 12.6. The number of rotatable bonds is 4. The number of benzene rings is 1. The molecule has 4 nitrogen and oxygen atoms in total. The van der Waals surface area contributed by atoms with E-state index in [0.29, 0.717) is 6.54 Å². The van der Waals surface area contributed by atoms with Gasteiger partial charge >= 0.3 is 0 Å². The van der Waals surface area contributed by atoms with E-state index in [0.717, 1.165) is 34.1 Å². The van der Waals surface area contributed by atoms with E-state index in [2.05, 4.69) is 27.3 Å². The fraction of sp³-hybridized carbons (Fsp3) is 0.467. The quantitative estimate of drug-likeness (QED) is 0.858. The minimum absolute atomic E-state index is 0.0372. The van der Waals surface area contributed by atoms with Crippen LogP contribution in [0.1, 0.15) is 36.1 Å². The summed E-state index contributed by atoms with van der Waals surface area (Å²) in [6.45, 7) is 6.12. The van der Waals surface area contributed by atoms with Crippen molar-refractivity contribution in [3.05, 3.63) is 28.8 Å². The molecule has 1 heterocycles. The number of carbonyl (C=O) groups excluding carboxylic acids is 2. The number of fused-ring (bicyclic) bond motifs is 1. The normalized spacial score (nSPS) is 17.3. The van der Waals surface area contributed by atoms with Crippen LogP contribution in [0.5, 0.6) is 0 Å². The zero-order chi connectivity index (χ0) is 14.9. The van der Waals surface area contributed by atoms with Crippen LogP contribution in [0, 0.1) is 13.8 Å². The molecule has 0 saturated heterocycles. The highest BCUT2D eigenvalue weighted by molar-refractivity contribution is 9.09. The Morgan fingerprint density at radius 3 is 2.70 bits per heavy atom. The Balaban J connectivity index is 2.46. The summed E-state index contributed by atoms with van der Waals surface area (Å²) in [5.41, 5.74) is 4.06. The number of amides is 2. The Bertz CT molecular complexity index is 557. The number of alkyl halides is 1. The monoisotopic (exact) mass is 338 g/mol. The Labute approximate surface area is 127 Å². The molecular weight excluding hydrogens is 320 g/mol. The van der Waals surface area contributed by atoms with Gasteiger partial charge in [-0.1, -0.05) is 33.6 Å². The van der Waals surface area contributed by atoms with Crippen molar-refractivity contribution in [3.63, 3.8) is 0 Å². The molecule has 1 atom stereocenters. The second-order valence-corrected chi connectivity index (χ2v) is 5.98. The van der Waals surface area contributed by atoms with Crippen molar-refractivity contribution >= 4 is 33.4 Å². The number of nitrogens with zero attached hydrogens (tertiary/aromatic N) is 1.